The molecule has 0 aliphatic rings. The molecule has 1 N–H and O–H groups in total. The van der Waals surface area contributed by atoms with Crippen molar-refractivity contribution in [3.63, 3.8) is 0 Å². The monoisotopic (exact) mass is 492 g/mol. The molecule has 1 atom stereocenters. The van der Waals surface area contributed by atoms with E-state index in [1.165, 1.54) is 21.0 Å². The van der Waals surface area contributed by atoms with Gasteiger partial charge in [-0.2, -0.15) is 4.80 Å². The molecule has 4 aromatic rings. The normalized spacial score (nSPS) is 12.4. The summed E-state index contributed by atoms with van der Waals surface area (Å²) in [7, 11) is 0. The van der Waals surface area contributed by atoms with Crippen LogP contribution in [0.5, 0.6) is 0 Å². The van der Waals surface area contributed by atoms with Crippen molar-refractivity contribution in [2.24, 2.45) is 0 Å². The topological polar surface area (TPSA) is 106 Å². The molecule has 0 aliphatic carbocycles. The fourth-order valence-electron chi connectivity index (χ4n) is 3.56. The maximum atomic E-state index is 13.8. The molecule has 182 valence electrons. The number of nitrogens with zero attached hydrogens (tertiary/aromatic N) is 5. The number of furan rings is 1. The molecule has 0 aliphatic heterocycles. The van der Waals surface area contributed by atoms with Crippen molar-refractivity contribution in [2.45, 2.75) is 52.7 Å². The highest BCUT2D eigenvalue weighted by Gasteiger charge is 2.35. The molecule has 1 aromatic carbocycles. The molecule has 10 heteroatoms. The van der Waals surface area contributed by atoms with Crippen LogP contribution in [-0.2, 0) is 16.1 Å². The van der Waals surface area contributed by atoms with E-state index in [0.29, 0.717) is 11.4 Å². The van der Waals surface area contributed by atoms with Gasteiger partial charge in [-0.1, -0.05) is 23.8 Å². The molecule has 0 spiro atoms. The number of carbonyl (C=O) groups excluding carboxylic acids is 2. The van der Waals surface area contributed by atoms with Crippen molar-refractivity contribution in [3.05, 3.63) is 70.1 Å². The average molecular weight is 493 g/mol. The van der Waals surface area contributed by atoms with Crippen molar-refractivity contribution in [1.29, 1.82) is 0 Å². The summed E-state index contributed by atoms with van der Waals surface area (Å²) < 4.78 is 5.56. The number of aromatic nitrogens is 4. The van der Waals surface area contributed by atoms with Crippen LogP contribution in [0.3, 0.4) is 0 Å². The maximum absolute atomic E-state index is 13.8. The molecule has 0 bridgehead atoms. The number of thiophene rings is 1. The summed E-state index contributed by atoms with van der Waals surface area (Å²) in [4.78, 5) is 30.7. The summed E-state index contributed by atoms with van der Waals surface area (Å²) in [5.74, 6) is 0.857. The second-order valence-corrected chi connectivity index (χ2v) is 10.3. The van der Waals surface area contributed by atoms with Gasteiger partial charge in [0, 0.05) is 16.1 Å². The Kier molecular flexibility index (Phi) is 6.83. The lowest BCUT2D eigenvalue weighted by Gasteiger charge is -2.33. The SMILES string of the molecule is Cc1ccc(N(C(=O)Cn2nnc(-c3ccc(C)o3)n2)[C@@H](C(=O)NC(C)(C)C)c2cccs2)cc1. The molecule has 0 saturated carbocycles. The summed E-state index contributed by atoms with van der Waals surface area (Å²) >= 11 is 1.42. The van der Waals surface area contributed by atoms with Crippen molar-refractivity contribution in [3.8, 4) is 11.6 Å². The number of nitrogens with one attached hydrogen (secondary N) is 1. The van der Waals surface area contributed by atoms with Crippen LogP contribution in [-0.4, -0.2) is 37.6 Å². The highest BCUT2D eigenvalue weighted by molar-refractivity contribution is 7.10. The van der Waals surface area contributed by atoms with Crippen molar-refractivity contribution >= 4 is 28.8 Å². The Morgan fingerprint density at radius 2 is 1.86 bits per heavy atom. The van der Waals surface area contributed by atoms with E-state index in [4.69, 9.17) is 4.42 Å². The number of tetrazole rings is 1. The average Bonchev–Trinajstić information content (AvgIpc) is 3.53. The quantitative estimate of drug-likeness (QED) is 0.412. The predicted molar refractivity (Wildman–Crippen MR) is 134 cm³/mol. The third-order valence-corrected chi connectivity index (χ3v) is 6.01. The number of aryl methyl sites for hydroxylation is 2. The van der Waals surface area contributed by atoms with Crippen LogP contribution >= 0.6 is 11.3 Å². The molecule has 0 radical (unpaired) electrons. The molecule has 35 heavy (non-hydrogen) atoms. The summed E-state index contributed by atoms with van der Waals surface area (Å²) in [6.45, 7) is 9.31. The molecule has 2 amide bonds. The zero-order chi connectivity index (χ0) is 25.2. The minimum Gasteiger partial charge on any atom is -0.458 e. The van der Waals surface area contributed by atoms with E-state index >= 15 is 0 Å². The van der Waals surface area contributed by atoms with E-state index < -0.39 is 11.6 Å². The second-order valence-electron chi connectivity index (χ2n) is 9.31. The first-order valence-corrected chi connectivity index (χ1v) is 12.1. The maximum Gasteiger partial charge on any atom is 0.251 e. The zero-order valence-electron chi connectivity index (χ0n) is 20.3. The van der Waals surface area contributed by atoms with Crippen molar-refractivity contribution in [2.75, 3.05) is 4.90 Å². The lowest BCUT2D eigenvalue weighted by Crippen LogP contribution is -2.50. The lowest BCUT2D eigenvalue weighted by molar-refractivity contribution is -0.128. The predicted octanol–water partition coefficient (Wildman–Crippen LogP) is 4.30. The van der Waals surface area contributed by atoms with E-state index in [9.17, 15) is 9.59 Å². The van der Waals surface area contributed by atoms with Crippen LogP contribution in [0.2, 0.25) is 0 Å². The van der Waals surface area contributed by atoms with Gasteiger partial charge in [0.15, 0.2) is 5.76 Å². The third kappa shape index (κ3) is 5.83. The molecule has 0 fully saturated rings. The van der Waals surface area contributed by atoms with Gasteiger partial charge < -0.3 is 9.73 Å². The zero-order valence-corrected chi connectivity index (χ0v) is 21.2. The van der Waals surface area contributed by atoms with Crippen LogP contribution in [0.25, 0.3) is 11.6 Å². The molecule has 0 unspecified atom stereocenters. The first-order chi connectivity index (χ1) is 16.6. The minimum absolute atomic E-state index is 0.203. The molecule has 3 heterocycles. The van der Waals surface area contributed by atoms with Crippen LogP contribution in [0, 0.1) is 13.8 Å². The summed E-state index contributed by atoms with van der Waals surface area (Å²) in [6, 6.07) is 13.9. The number of rotatable bonds is 7. The standard InChI is InChI=1S/C25H28N6O3S/c1-16-8-11-18(12-9-16)31(22(20-7-6-14-35-20)24(33)26-25(3,4)5)21(32)15-30-28-23(27-29-30)19-13-10-17(2)34-19/h6-14,22H,15H2,1-5H3,(H,26,33)/t22-/m1/s1. The molecule has 4 rings (SSSR count). The lowest BCUT2D eigenvalue weighted by atomic mass is 10.1. The summed E-state index contributed by atoms with van der Waals surface area (Å²) in [6.07, 6.45) is 0. The fourth-order valence-corrected chi connectivity index (χ4v) is 4.37. The number of carbonyl (C=O) groups is 2. The van der Waals surface area contributed by atoms with E-state index in [1.54, 1.807) is 12.1 Å². The molecule has 9 nitrogen and oxygen atoms in total. The molecule has 3 aromatic heterocycles. The van der Waals surface area contributed by atoms with E-state index in [-0.39, 0.29) is 24.2 Å². The van der Waals surface area contributed by atoms with Crippen LogP contribution in [0.15, 0.2) is 58.3 Å². The highest BCUT2D eigenvalue weighted by Crippen LogP contribution is 2.32. The summed E-state index contributed by atoms with van der Waals surface area (Å²) in [5.41, 5.74) is 1.17. The Hall–Kier alpha value is -3.79. The Labute approximate surface area is 207 Å². The van der Waals surface area contributed by atoms with E-state index in [0.717, 1.165) is 16.2 Å². The fraction of sp³-hybridized carbons (Fsp3) is 0.320. The van der Waals surface area contributed by atoms with Crippen LogP contribution in [0.4, 0.5) is 5.69 Å². The van der Waals surface area contributed by atoms with Crippen LogP contribution in [0.1, 0.15) is 43.0 Å². The van der Waals surface area contributed by atoms with Gasteiger partial charge in [0.05, 0.1) is 0 Å². The Bertz CT molecular complexity index is 1300. The van der Waals surface area contributed by atoms with Crippen molar-refractivity contribution in [1.82, 2.24) is 25.5 Å². The first-order valence-electron chi connectivity index (χ1n) is 11.2. The largest absolute Gasteiger partial charge is 0.458 e. The minimum atomic E-state index is -0.861. The number of amides is 2. The van der Waals surface area contributed by atoms with Gasteiger partial charge in [0.2, 0.25) is 11.7 Å². The Morgan fingerprint density at radius 3 is 2.46 bits per heavy atom. The number of benzene rings is 1. The van der Waals surface area contributed by atoms with Crippen LogP contribution < -0.4 is 10.2 Å². The molecular formula is C25H28N6O3S. The third-order valence-electron chi connectivity index (χ3n) is 5.09. The molecular weight excluding hydrogens is 464 g/mol. The second kappa shape index (κ2) is 9.83. The van der Waals surface area contributed by atoms with Gasteiger partial charge in [-0.25, -0.2) is 0 Å². The van der Waals surface area contributed by atoms with E-state index in [1.807, 2.05) is 76.4 Å². The van der Waals surface area contributed by atoms with Gasteiger partial charge in [0.1, 0.15) is 18.3 Å². The number of hydrogen-bond acceptors (Lipinski definition) is 7. The Morgan fingerprint density at radius 1 is 1.11 bits per heavy atom. The molecule has 0 saturated heterocycles. The highest BCUT2D eigenvalue weighted by atomic mass is 32.1. The smallest absolute Gasteiger partial charge is 0.251 e. The van der Waals surface area contributed by atoms with Gasteiger partial charge in [-0.15, -0.1) is 21.5 Å². The van der Waals surface area contributed by atoms with Gasteiger partial charge in [-0.3, -0.25) is 14.5 Å². The van der Waals surface area contributed by atoms with E-state index in [2.05, 4.69) is 20.7 Å². The van der Waals surface area contributed by atoms with Crippen molar-refractivity contribution < 1.29 is 14.0 Å². The van der Waals surface area contributed by atoms with Gasteiger partial charge >= 0.3 is 0 Å². The summed E-state index contributed by atoms with van der Waals surface area (Å²) in [5, 5.41) is 17.3. The van der Waals surface area contributed by atoms with Gasteiger partial charge in [0.25, 0.3) is 5.91 Å². The van der Waals surface area contributed by atoms with Gasteiger partial charge in [-0.05, 0) is 75.5 Å². The first kappa shape index (κ1) is 24.3. The number of anilines is 1. The Balaban J connectivity index is 1.70. The number of hydrogen-bond donors (Lipinski definition) is 1.